The van der Waals surface area contributed by atoms with Crippen LogP contribution in [0.1, 0.15) is 36.3 Å². The molecule has 0 unspecified atom stereocenters. The fourth-order valence-corrected chi connectivity index (χ4v) is 3.21. The first-order valence-corrected chi connectivity index (χ1v) is 9.87. The Labute approximate surface area is 171 Å². The zero-order valence-corrected chi connectivity index (χ0v) is 17.5. The lowest BCUT2D eigenvalue weighted by molar-refractivity contribution is -0.133. The molecule has 8 heteroatoms. The monoisotopic (exact) mass is 399 g/mol. The topological polar surface area (TPSA) is 79.7 Å². The number of nitrogens with zero attached hydrogens (tertiary/aromatic N) is 4. The smallest absolute Gasteiger partial charge is 0.259 e. The number of carbonyl (C=O) groups excluding carboxylic acids is 2. The molecule has 0 saturated carbocycles. The van der Waals surface area contributed by atoms with Crippen LogP contribution in [-0.2, 0) is 17.9 Å². The van der Waals surface area contributed by atoms with E-state index in [-0.39, 0.29) is 11.8 Å². The summed E-state index contributed by atoms with van der Waals surface area (Å²) in [6.45, 7) is 6.22. The van der Waals surface area contributed by atoms with E-state index in [0.717, 1.165) is 17.9 Å². The Balaban J connectivity index is 1.74. The predicted molar refractivity (Wildman–Crippen MR) is 111 cm³/mol. The Morgan fingerprint density at radius 3 is 2.62 bits per heavy atom. The highest BCUT2D eigenvalue weighted by Gasteiger charge is 2.25. The Bertz CT molecular complexity index is 860. The zero-order chi connectivity index (χ0) is 21.0. The molecule has 0 saturated heterocycles. The standard InChI is InChI=1S/C21H29N5O3/c1-15(2)24(3)14-20(27)25-10-5-11-26-19(13-25)18(12-22-26)21(28)23-16-6-8-17(29-4)9-7-16/h6-9,12,15H,5,10-11,13-14H2,1-4H3,(H,23,28). The van der Waals surface area contributed by atoms with Gasteiger partial charge in [0, 0.05) is 24.8 Å². The van der Waals surface area contributed by atoms with Crippen molar-refractivity contribution < 1.29 is 14.3 Å². The van der Waals surface area contributed by atoms with E-state index in [2.05, 4.69) is 24.3 Å². The van der Waals surface area contributed by atoms with E-state index in [0.29, 0.717) is 43.5 Å². The number of benzene rings is 1. The third kappa shape index (κ3) is 4.95. The van der Waals surface area contributed by atoms with Gasteiger partial charge in [-0.05, 0) is 51.6 Å². The fourth-order valence-electron chi connectivity index (χ4n) is 3.21. The van der Waals surface area contributed by atoms with Crippen molar-refractivity contribution in [1.82, 2.24) is 19.6 Å². The third-order valence-corrected chi connectivity index (χ3v) is 5.30. The number of carbonyl (C=O) groups is 2. The van der Waals surface area contributed by atoms with E-state index >= 15 is 0 Å². The minimum absolute atomic E-state index is 0.0670. The summed E-state index contributed by atoms with van der Waals surface area (Å²) in [4.78, 5) is 29.5. The van der Waals surface area contributed by atoms with Crippen molar-refractivity contribution in [3.8, 4) is 5.75 Å². The molecule has 0 aliphatic carbocycles. The van der Waals surface area contributed by atoms with Crippen molar-refractivity contribution in [1.29, 1.82) is 0 Å². The average molecular weight is 399 g/mol. The minimum atomic E-state index is -0.231. The van der Waals surface area contributed by atoms with Crippen LogP contribution in [0.2, 0.25) is 0 Å². The van der Waals surface area contributed by atoms with Gasteiger partial charge in [-0.15, -0.1) is 0 Å². The molecule has 0 radical (unpaired) electrons. The van der Waals surface area contributed by atoms with Gasteiger partial charge in [0.25, 0.3) is 5.91 Å². The number of aromatic nitrogens is 2. The van der Waals surface area contributed by atoms with Crippen LogP contribution in [0.3, 0.4) is 0 Å². The number of hydrogen-bond donors (Lipinski definition) is 1. The molecule has 3 rings (SSSR count). The van der Waals surface area contributed by atoms with E-state index in [1.54, 1.807) is 37.6 Å². The normalized spacial score (nSPS) is 13.9. The average Bonchev–Trinajstić information content (AvgIpc) is 2.98. The van der Waals surface area contributed by atoms with Crippen molar-refractivity contribution in [2.45, 2.75) is 39.4 Å². The first-order chi connectivity index (χ1) is 13.9. The van der Waals surface area contributed by atoms with Gasteiger partial charge < -0.3 is 15.0 Å². The molecule has 2 heterocycles. The highest BCUT2D eigenvalue weighted by Crippen LogP contribution is 2.20. The molecule has 0 fully saturated rings. The molecule has 8 nitrogen and oxygen atoms in total. The number of hydrogen-bond acceptors (Lipinski definition) is 5. The number of likely N-dealkylation sites (N-methyl/N-ethyl adjacent to an activating group) is 1. The van der Waals surface area contributed by atoms with Gasteiger partial charge in [0.2, 0.25) is 5.91 Å². The number of nitrogens with one attached hydrogen (secondary N) is 1. The number of amides is 2. The zero-order valence-electron chi connectivity index (χ0n) is 17.5. The molecule has 1 N–H and O–H groups in total. The molecule has 0 spiro atoms. The Morgan fingerprint density at radius 1 is 1.24 bits per heavy atom. The van der Waals surface area contributed by atoms with Gasteiger partial charge in [-0.3, -0.25) is 19.2 Å². The maximum absolute atomic E-state index is 12.9. The molecular formula is C21H29N5O3. The Morgan fingerprint density at radius 2 is 1.97 bits per heavy atom. The molecule has 1 aliphatic heterocycles. The van der Waals surface area contributed by atoms with E-state index < -0.39 is 0 Å². The summed E-state index contributed by atoms with van der Waals surface area (Å²) in [6, 6.07) is 7.45. The second kappa shape index (κ2) is 9.09. The van der Waals surface area contributed by atoms with E-state index in [1.807, 2.05) is 21.5 Å². The first-order valence-electron chi connectivity index (χ1n) is 9.87. The van der Waals surface area contributed by atoms with E-state index in [9.17, 15) is 9.59 Å². The third-order valence-electron chi connectivity index (χ3n) is 5.30. The number of aryl methyl sites for hydroxylation is 1. The number of rotatable bonds is 6. The van der Waals surface area contributed by atoms with E-state index in [4.69, 9.17) is 4.74 Å². The van der Waals surface area contributed by atoms with Crippen molar-refractivity contribution in [3.63, 3.8) is 0 Å². The predicted octanol–water partition coefficient (Wildman–Crippen LogP) is 2.22. The van der Waals surface area contributed by atoms with Crippen molar-refractivity contribution in [3.05, 3.63) is 41.7 Å². The van der Waals surface area contributed by atoms with Gasteiger partial charge in [-0.2, -0.15) is 5.10 Å². The lowest BCUT2D eigenvalue weighted by atomic mass is 10.2. The molecule has 0 bridgehead atoms. The highest BCUT2D eigenvalue weighted by molar-refractivity contribution is 6.05. The Hall–Kier alpha value is -2.87. The van der Waals surface area contributed by atoms with Gasteiger partial charge in [-0.1, -0.05) is 0 Å². The summed E-state index contributed by atoms with van der Waals surface area (Å²) in [5, 5.41) is 7.28. The van der Waals surface area contributed by atoms with Crippen LogP contribution in [0.5, 0.6) is 5.75 Å². The maximum atomic E-state index is 12.9. The fraction of sp³-hybridized carbons (Fsp3) is 0.476. The van der Waals surface area contributed by atoms with Gasteiger partial charge in [0.1, 0.15) is 5.75 Å². The quantitative estimate of drug-likeness (QED) is 0.806. The summed E-state index contributed by atoms with van der Waals surface area (Å²) in [6.07, 6.45) is 2.40. The number of methoxy groups -OCH3 is 1. The van der Waals surface area contributed by atoms with Crippen LogP contribution in [0.4, 0.5) is 5.69 Å². The van der Waals surface area contributed by atoms with Crippen molar-refractivity contribution >= 4 is 17.5 Å². The summed E-state index contributed by atoms with van der Waals surface area (Å²) < 4.78 is 6.98. The van der Waals surface area contributed by atoms with Crippen LogP contribution in [0, 0.1) is 0 Å². The van der Waals surface area contributed by atoms with Crippen LogP contribution in [0.25, 0.3) is 0 Å². The first kappa shape index (κ1) is 20.9. The SMILES string of the molecule is COc1ccc(NC(=O)c2cnn3c2CN(C(=O)CN(C)C(C)C)CCC3)cc1. The second-order valence-corrected chi connectivity index (χ2v) is 7.59. The van der Waals surface area contributed by atoms with Crippen LogP contribution in [0.15, 0.2) is 30.5 Å². The minimum Gasteiger partial charge on any atom is -0.497 e. The lowest BCUT2D eigenvalue weighted by Crippen LogP contribution is -2.41. The maximum Gasteiger partial charge on any atom is 0.259 e. The van der Waals surface area contributed by atoms with Crippen LogP contribution in [-0.4, -0.2) is 64.7 Å². The van der Waals surface area contributed by atoms with Crippen LogP contribution < -0.4 is 10.1 Å². The summed E-state index contributed by atoms with van der Waals surface area (Å²) in [5.41, 5.74) is 1.95. The van der Waals surface area contributed by atoms with Crippen molar-refractivity contribution in [2.24, 2.45) is 0 Å². The molecule has 1 aliphatic rings. The van der Waals surface area contributed by atoms with Crippen molar-refractivity contribution in [2.75, 3.05) is 32.6 Å². The molecule has 0 atom stereocenters. The molecule has 2 aromatic rings. The highest BCUT2D eigenvalue weighted by atomic mass is 16.5. The number of anilines is 1. The molecule has 1 aromatic heterocycles. The van der Waals surface area contributed by atoms with Gasteiger partial charge in [-0.25, -0.2) is 0 Å². The van der Waals surface area contributed by atoms with E-state index in [1.165, 1.54) is 0 Å². The molecule has 29 heavy (non-hydrogen) atoms. The van der Waals surface area contributed by atoms with Gasteiger partial charge in [0.15, 0.2) is 0 Å². The second-order valence-electron chi connectivity index (χ2n) is 7.59. The van der Waals surface area contributed by atoms with Crippen LogP contribution >= 0.6 is 0 Å². The molecular weight excluding hydrogens is 370 g/mol. The largest absolute Gasteiger partial charge is 0.497 e. The van der Waals surface area contributed by atoms with Gasteiger partial charge in [0.05, 0.1) is 37.7 Å². The Kier molecular flexibility index (Phi) is 6.53. The molecule has 1 aromatic carbocycles. The summed E-state index contributed by atoms with van der Waals surface area (Å²) in [7, 11) is 3.54. The number of fused-ring (bicyclic) bond motifs is 1. The number of ether oxygens (including phenoxy) is 1. The van der Waals surface area contributed by atoms with Gasteiger partial charge >= 0.3 is 0 Å². The summed E-state index contributed by atoms with van der Waals surface area (Å²) in [5.74, 6) is 0.560. The summed E-state index contributed by atoms with van der Waals surface area (Å²) >= 11 is 0. The molecule has 156 valence electrons. The molecule has 2 amide bonds. The lowest BCUT2D eigenvalue weighted by Gasteiger charge is -2.26.